The monoisotopic (exact) mass is 448 g/mol. The summed E-state index contributed by atoms with van der Waals surface area (Å²) in [6.45, 7) is 1.86. The quantitative estimate of drug-likeness (QED) is 0.524. The molecule has 0 aliphatic rings. The number of phenols is 1. The second kappa shape index (κ2) is 8.13. The predicted octanol–water partition coefficient (Wildman–Crippen LogP) is 4.70. The van der Waals surface area contributed by atoms with Crippen molar-refractivity contribution in [2.45, 2.75) is 13.0 Å². The number of rotatable bonds is 4. The van der Waals surface area contributed by atoms with E-state index in [-0.39, 0.29) is 17.4 Å². The molecule has 0 radical (unpaired) electrons. The Morgan fingerprint density at radius 1 is 1.25 bits per heavy atom. The fourth-order valence-electron chi connectivity index (χ4n) is 2.08. The fraction of sp³-hybridized carbons (Fsp3) is 0.111. The topological polar surface area (TPSA) is 73.1 Å². The number of hydrogen-bond acceptors (Lipinski definition) is 3. The highest BCUT2D eigenvalue weighted by Crippen LogP contribution is 2.34. The lowest BCUT2D eigenvalue weighted by molar-refractivity contribution is -0.117. The smallest absolute Gasteiger partial charge is 0.262 e. The molecular formula is C18H14Br2N2O2. The molecule has 0 saturated heterocycles. The number of halogens is 2. The van der Waals surface area contributed by atoms with Gasteiger partial charge in [-0.25, -0.2) is 0 Å². The molecule has 0 bridgehead atoms. The number of hydrogen-bond donors (Lipinski definition) is 2. The lowest BCUT2D eigenvalue weighted by atomic mass is 10.1. The van der Waals surface area contributed by atoms with Gasteiger partial charge in [-0.3, -0.25) is 4.79 Å². The van der Waals surface area contributed by atoms with Crippen molar-refractivity contribution in [3.63, 3.8) is 0 Å². The molecule has 0 fully saturated rings. The van der Waals surface area contributed by atoms with Crippen molar-refractivity contribution in [1.82, 2.24) is 5.32 Å². The first-order valence-electron chi connectivity index (χ1n) is 7.08. The molecule has 1 amide bonds. The summed E-state index contributed by atoms with van der Waals surface area (Å²) in [5, 5.41) is 21.8. The van der Waals surface area contributed by atoms with Crippen molar-refractivity contribution < 1.29 is 9.90 Å². The van der Waals surface area contributed by atoms with E-state index in [1.54, 1.807) is 12.1 Å². The van der Waals surface area contributed by atoms with Crippen LogP contribution < -0.4 is 5.32 Å². The zero-order chi connectivity index (χ0) is 17.7. The molecular weight excluding hydrogens is 436 g/mol. The average Bonchev–Trinajstić information content (AvgIpc) is 2.58. The van der Waals surface area contributed by atoms with Gasteiger partial charge in [-0.2, -0.15) is 5.26 Å². The Bertz CT molecular complexity index is 804. The van der Waals surface area contributed by atoms with Gasteiger partial charge in [-0.1, -0.05) is 30.3 Å². The molecule has 2 N–H and O–H groups in total. The average molecular weight is 450 g/mol. The Morgan fingerprint density at radius 3 is 2.38 bits per heavy atom. The van der Waals surface area contributed by atoms with Crippen LogP contribution in [0.5, 0.6) is 5.75 Å². The van der Waals surface area contributed by atoms with Crippen molar-refractivity contribution in [3.8, 4) is 11.8 Å². The number of phenolic OH excluding ortho intramolecular Hbond substituents is 1. The molecule has 2 aromatic carbocycles. The SMILES string of the molecule is C[C@H](NC(=O)/C(C#N)=C/c1cc(Br)c(O)c(Br)c1)c1ccccc1. The largest absolute Gasteiger partial charge is 0.506 e. The Kier molecular flexibility index (Phi) is 6.18. The lowest BCUT2D eigenvalue weighted by Crippen LogP contribution is -2.27. The maximum atomic E-state index is 12.3. The first-order valence-corrected chi connectivity index (χ1v) is 8.66. The molecule has 1 atom stereocenters. The summed E-state index contributed by atoms with van der Waals surface area (Å²) in [7, 11) is 0. The van der Waals surface area contributed by atoms with Crippen LogP contribution in [0.1, 0.15) is 24.1 Å². The number of nitrogens with one attached hydrogen (secondary N) is 1. The third-order valence-electron chi connectivity index (χ3n) is 3.36. The van der Waals surface area contributed by atoms with E-state index >= 15 is 0 Å². The first-order chi connectivity index (χ1) is 11.4. The first kappa shape index (κ1) is 18.2. The zero-order valence-corrected chi connectivity index (χ0v) is 15.9. The third-order valence-corrected chi connectivity index (χ3v) is 4.57. The van der Waals surface area contributed by atoms with Crippen molar-refractivity contribution in [2.75, 3.05) is 0 Å². The van der Waals surface area contributed by atoms with Gasteiger partial charge >= 0.3 is 0 Å². The molecule has 0 spiro atoms. The maximum absolute atomic E-state index is 12.3. The van der Waals surface area contributed by atoms with Gasteiger partial charge < -0.3 is 10.4 Å². The number of benzene rings is 2. The van der Waals surface area contributed by atoms with E-state index < -0.39 is 5.91 Å². The minimum atomic E-state index is -0.450. The normalized spacial score (nSPS) is 12.3. The van der Waals surface area contributed by atoms with Crippen LogP contribution in [0, 0.1) is 11.3 Å². The summed E-state index contributed by atoms with van der Waals surface area (Å²) in [6, 6.07) is 14.5. The van der Waals surface area contributed by atoms with Crippen LogP contribution in [0.25, 0.3) is 6.08 Å². The van der Waals surface area contributed by atoms with Crippen LogP contribution in [0.2, 0.25) is 0 Å². The van der Waals surface area contributed by atoms with Crippen LogP contribution in [-0.2, 0) is 4.79 Å². The number of aromatic hydroxyl groups is 1. The molecule has 24 heavy (non-hydrogen) atoms. The van der Waals surface area contributed by atoms with Crippen LogP contribution >= 0.6 is 31.9 Å². The molecule has 4 nitrogen and oxygen atoms in total. The van der Waals surface area contributed by atoms with Crippen LogP contribution in [0.3, 0.4) is 0 Å². The second-order valence-electron chi connectivity index (χ2n) is 5.11. The minimum absolute atomic E-state index is 0.0118. The van der Waals surface area contributed by atoms with Gasteiger partial charge in [0.25, 0.3) is 5.91 Å². The minimum Gasteiger partial charge on any atom is -0.506 e. The Balaban J connectivity index is 2.22. The number of nitriles is 1. The van der Waals surface area contributed by atoms with Crippen LogP contribution in [-0.4, -0.2) is 11.0 Å². The number of nitrogens with zero attached hydrogens (tertiary/aromatic N) is 1. The van der Waals surface area contributed by atoms with Gasteiger partial charge in [-0.05, 0) is 68.1 Å². The predicted molar refractivity (Wildman–Crippen MR) is 100 cm³/mol. The van der Waals surface area contributed by atoms with E-state index in [9.17, 15) is 15.2 Å². The van der Waals surface area contributed by atoms with Crippen molar-refractivity contribution in [2.24, 2.45) is 0 Å². The molecule has 2 rings (SSSR count). The summed E-state index contributed by atoms with van der Waals surface area (Å²) >= 11 is 6.45. The standard InChI is InChI=1S/C18H14Br2N2O2/c1-11(13-5-3-2-4-6-13)22-18(24)14(10-21)7-12-8-15(19)17(23)16(20)9-12/h2-9,11,23H,1H3,(H,22,24)/b14-7+/t11-/m0/s1. The second-order valence-corrected chi connectivity index (χ2v) is 6.82. The summed E-state index contributed by atoms with van der Waals surface area (Å²) in [5.41, 5.74) is 1.56. The van der Waals surface area contributed by atoms with Gasteiger partial charge in [0.15, 0.2) is 0 Å². The van der Waals surface area contributed by atoms with E-state index in [0.29, 0.717) is 14.5 Å². The zero-order valence-electron chi connectivity index (χ0n) is 12.8. The number of amides is 1. The molecule has 2 aromatic rings. The molecule has 0 aliphatic heterocycles. The lowest BCUT2D eigenvalue weighted by Gasteiger charge is -2.13. The number of carbonyl (C=O) groups is 1. The highest BCUT2D eigenvalue weighted by molar-refractivity contribution is 9.11. The molecule has 0 unspecified atom stereocenters. The van der Waals surface area contributed by atoms with Gasteiger partial charge in [0.1, 0.15) is 17.4 Å². The van der Waals surface area contributed by atoms with Crippen LogP contribution in [0.4, 0.5) is 0 Å². The van der Waals surface area contributed by atoms with Gasteiger partial charge in [0.05, 0.1) is 15.0 Å². The Labute approximate surface area is 157 Å². The fourth-order valence-corrected chi connectivity index (χ4v) is 3.31. The summed E-state index contributed by atoms with van der Waals surface area (Å²) in [4.78, 5) is 12.3. The van der Waals surface area contributed by atoms with Crippen molar-refractivity contribution in [3.05, 3.63) is 68.1 Å². The van der Waals surface area contributed by atoms with E-state index in [2.05, 4.69) is 37.2 Å². The molecule has 0 aliphatic carbocycles. The van der Waals surface area contributed by atoms with E-state index in [1.807, 2.05) is 43.3 Å². The van der Waals surface area contributed by atoms with Crippen molar-refractivity contribution in [1.29, 1.82) is 5.26 Å². The summed E-state index contributed by atoms with van der Waals surface area (Å²) in [6.07, 6.45) is 1.47. The van der Waals surface area contributed by atoms with Gasteiger partial charge in [0.2, 0.25) is 0 Å². The summed E-state index contributed by atoms with van der Waals surface area (Å²) in [5.74, 6) is -0.387. The van der Waals surface area contributed by atoms with E-state index in [4.69, 9.17) is 0 Å². The highest BCUT2D eigenvalue weighted by Gasteiger charge is 2.14. The molecule has 0 aromatic heterocycles. The Hall–Kier alpha value is -2.10. The van der Waals surface area contributed by atoms with Gasteiger partial charge in [-0.15, -0.1) is 0 Å². The van der Waals surface area contributed by atoms with Gasteiger partial charge in [0, 0.05) is 0 Å². The van der Waals surface area contributed by atoms with Crippen molar-refractivity contribution >= 4 is 43.8 Å². The molecule has 6 heteroatoms. The molecule has 122 valence electrons. The van der Waals surface area contributed by atoms with E-state index in [0.717, 1.165) is 5.56 Å². The molecule has 0 saturated carbocycles. The number of carbonyl (C=O) groups excluding carboxylic acids is 1. The summed E-state index contributed by atoms with van der Waals surface area (Å²) < 4.78 is 0.942. The Morgan fingerprint density at radius 2 is 1.83 bits per heavy atom. The highest BCUT2D eigenvalue weighted by atomic mass is 79.9. The molecule has 0 heterocycles. The van der Waals surface area contributed by atoms with Crippen LogP contribution in [0.15, 0.2) is 57.0 Å². The maximum Gasteiger partial charge on any atom is 0.262 e. The van der Waals surface area contributed by atoms with E-state index in [1.165, 1.54) is 6.08 Å². The third kappa shape index (κ3) is 4.47.